The molecule has 3 N–H and O–H groups in total. The van der Waals surface area contributed by atoms with Crippen LogP contribution in [0.4, 0.5) is 10.7 Å². The Morgan fingerprint density at radius 1 is 1.39 bits per heavy atom. The first-order chi connectivity index (χ1) is 8.65. The molecule has 1 atom stereocenters. The fourth-order valence-corrected chi connectivity index (χ4v) is 1.69. The maximum absolute atomic E-state index is 11.6. The van der Waals surface area contributed by atoms with Gasteiger partial charge in [0.25, 0.3) is 0 Å². The van der Waals surface area contributed by atoms with Crippen LogP contribution in [0.15, 0.2) is 18.5 Å². The fourth-order valence-electron chi connectivity index (χ4n) is 1.69. The smallest absolute Gasteiger partial charge is 0.321 e. The Kier molecular flexibility index (Phi) is 3.71. The van der Waals surface area contributed by atoms with E-state index in [-0.39, 0.29) is 24.3 Å². The minimum absolute atomic E-state index is 0.0618. The molecular formula is C11H14N4O3. The third-order valence-electron chi connectivity index (χ3n) is 2.69. The lowest BCUT2D eigenvalue weighted by atomic mass is 10.1. The van der Waals surface area contributed by atoms with Gasteiger partial charge in [-0.2, -0.15) is 0 Å². The van der Waals surface area contributed by atoms with E-state index in [0.717, 1.165) is 12.8 Å². The van der Waals surface area contributed by atoms with E-state index in [2.05, 4.69) is 20.6 Å². The molecule has 1 aromatic rings. The monoisotopic (exact) mass is 250 g/mol. The average molecular weight is 250 g/mol. The standard InChI is InChI=1S/C11H14N4O3/c16-9(17)6-8(7-2-3-7)14-11(18)15-10-12-4-1-5-13-10/h1,4-5,7-8H,2-3,6H2,(H,16,17)(H2,12,13,14,15,18). The summed E-state index contributed by atoms with van der Waals surface area (Å²) in [5.74, 6) is -0.452. The molecule has 1 aliphatic carbocycles. The van der Waals surface area contributed by atoms with Gasteiger partial charge in [0.05, 0.1) is 6.42 Å². The highest BCUT2D eigenvalue weighted by Gasteiger charge is 2.33. The van der Waals surface area contributed by atoms with Crippen molar-refractivity contribution in [2.75, 3.05) is 5.32 Å². The number of amides is 2. The van der Waals surface area contributed by atoms with Gasteiger partial charge in [0, 0.05) is 18.4 Å². The van der Waals surface area contributed by atoms with Gasteiger partial charge in [-0.15, -0.1) is 0 Å². The summed E-state index contributed by atoms with van der Waals surface area (Å²) in [6, 6.07) is 0.839. The zero-order valence-electron chi connectivity index (χ0n) is 9.67. The predicted octanol–water partition coefficient (Wildman–Crippen LogP) is 0.851. The lowest BCUT2D eigenvalue weighted by Crippen LogP contribution is -2.40. The zero-order chi connectivity index (χ0) is 13.0. The Morgan fingerprint density at radius 3 is 2.61 bits per heavy atom. The lowest BCUT2D eigenvalue weighted by molar-refractivity contribution is -0.137. The zero-order valence-corrected chi connectivity index (χ0v) is 9.67. The second-order valence-electron chi connectivity index (χ2n) is 4.21. The van der Waals surface area contributed by atoms with Gasteiger partial charge in [-0.3, -0.25) is 10.1 Å². The van der Waals surface area contributed by atoms with Gasteiger partial charge in [0.1, 0.15) is 0 Å². The van der Waals surface area contributed by atoms with E-state index in [1.54, 1.807) is 6.07 Å². The molecule has 1 heterocycles. The largest absolute Gasteiger partial charge is 0.481 e. The molecule has 1 aromatic heterocycles. The topological polar surface area (TPSA) is 104 Å². The van der Waals surface area contributed by atoms with Crippen LogP contribution in [0, 0.1) is 5.92 Å². The quantitative estimate of drug-likeness (QED) is 0.718. The number of aliphatic carboxylic acids is 1. The van der Waals surface area contributed by atoms with Crippen molar-refractivity contribution in [2.45, 2.75) is 25.3 Å². The molecule has 1 aliphatic rings. The minimum atomic E-state index is -0.914. The van der Waals surface area contributed by atoms with Crippen molar-refractivity contribution in [1.82, 2.24) is 15.3 Å². The molecule has 2 rings (SSSR count). The number of carbonyl (C=O) groups excluding carboxylic acids is 1. The first kappa shape index (κ1) is 12.3. The highest BCUT2D eigenvalue weighted by molar-refractivity contribution is 5.87. The van der Waals surface area contributed by atoms with Crippen LogP contribution in [0.1, 0.15) is 19.3 Å². The highest BCUT2D eigenvalue weighted by Crippen LogP contribution is 2.34. The highest BCUT2D eigenvalue weighted by atomic mass is 16.4. The molecule has 2 amide bonds. The first-order valence-corrected chi connectivity index (χ1v) is 5.71. The lowest BCUT2D eigenvalue weighted by Gasteiger charge is -2.16. The van der Waals surface area contributed by atoms with Crippen LogP contribution in [0.25, 0.3) is 0 Å². The minimum Gasteiger partial charge on any atom is -0.481 e. The molecule has 96 valence electrons. The van der Waals surface area contributed by atoms with E-state index in [1.165, 1.54) is 12.4 Å². The van der Waals surface area contributed by atoms with Gasteiger partial charge in [0.15, 0.2) is 0 Å². The van der Waals surface area contributed by atoms with Gasteiger partial charge in [-0.25, -0.2) is 14.8 Å². The summed E-state index contributed by atoms with van der Waals surface area (Å²) in [5.41, 5.74) is 0. The van der Waals surface area contributed by atoms with Crippen molar-refractivity contribution in [3.8, 4) is 0 Å². The van der Waals surface area contributed by atoms with E-state index in [4.69, 9.17) is 5.11 Å². The molecule has 0 aromatic carbocycles. The number of nitrogens with zero attached hydrogens (tertiary/aromatic N) is 2. The number of nitrogens with one attached hydrogen (secondary N) is 2. The van der Waals surface area contributed by atoms with E-state index < -0.39 is 12.0 Å². The molecule has 0 bridgehead atoms. The number of anilines is 1. The molecule has 0 saturated heterocycles. The third kappa shape index (κ3) is 3.69. The van der Waals surface area contributed by atoms with E-state index in [9.17, 15) is 9.59 Å². The number of urea groups is 1. The van der Waals surface area contributed by atoms with Crippen LogP contribution in [-0.2, 0) is 4.79 Å². The van der Waals surface area contributed by atoms with Crippen molar-refractivity contribution >= 4 is 17.9 Å². The summed E-state index contributed by atoms with van der Waals surface area (Å²) in [4.78, 5) is 30.0. The van der Waals surface area contributed by atoms with Crippen LogP contribution in [-0.4, -0.2) is 33.1 Å². The molecule has 1 fully saturated rings. The number of aromatic nitrogens is 2. The third-order valence-corrected chi connectivity index (χ3v) is 2.69. The van der Waals surface area contributed by atoms with Gasteiger partial charge >= 0.3 is 12.0 Å². The van der Waals surface area contributed by atoms with Crippen molar-refractivity contribution < 1.29 is 14.7 Å². The normalized spacial score (nSPS) is 15.8. The van der Waals surface area contributed by atoms with E-state index in [1.807, 2.05) is 0 Å². The maximum atomic E-state index is 11.6. The Bertz CT molecular complexity index is 433. The molecule has 1 unspecified atom stereocenters. The van der Waals surface area contributed by atoms with Crippen LogP contribution in [0.5, 0.6) is 0 Å². The van der Waals surface area contributed by atoms with Gasteiger partial charge in [0.2, 0.25) is 5.95 Å². The van der Waals surface area contributed by atoms with Crippen molar-refractivity contribution in [1.29, 1.82) is 0 Å². The van der Waals surface area contributed by atoms with Crippen LogP contribution < -0.4 is 10.6 Å². The van der Waals surface area contributed by atoms with Gasteiger partial charge in [-0.05, 0) is 24.8 Å². The van der Waals surface area contributed by atoms with Crippen LogP contribution in [0.2, 0.25) is 0 Å². The molecule has 18 heavy (non-hydrogen) atoms. The number of rotatable bonds is 5. The number of carboxylic acid groups (broad SMARTS) is 1. The average Bonchev–Trinajstić information content (AvgIpc) is 3.12. The van der Waals surface area contributed by atoms with Crippen LogP contribution >= 0.6 is 0 Å². The molecule has 0 aliphatic heterocycles. The Morgan fingerprint density at radius 2 is 2.06 bits per heavy atom. The van der Waals surface area contributed by atoms with Gasteiger partial charge in [-0.1, -0.05) is 0 Å². The summed E-state index contributed by atoms with van der Waals surface area (Å²) >= 11 is 0. The molecule has 7 nitrogen and oxygen atoms in total. The molecule has 0 radical (unpaired) electrons. The van der Waals surface area contributed by atoms with Crippen LogP contribution in [0.3, 0.4) is 0 Å². The molecule has 1 saturated carbocycles. The molecular weight excluding hydrogens is 236 g/mol. The predicted molar refractivity (Wildman–Crippen MR) is 63.0 cm³/mol. The summed E-state index contributed by atoms with van der Waals surface area (Å²) < 4.78 is 0. The number of hydrogen-bond acceptors (Lipinski definition) is 4. The van der Waals surface area contributed by atoms with Crippen molar-refractivity contribution in [3.63, 3.8) is 0 Å². The van der Waals surface area contributed by atoms with E-state index >= 15 is 0 Å². The second kappa shape index (κ2) is 5.44. The Labute approximate surface area is 104 Å². The fraction of sp³-hybridized carbons (Fsp3) is 0.455. The number of carbonyl (C=O) groups is 2. The molecule has 7 heteroatoms. The Hall–Kier alpha value is -2.18. The Balaban J connectivity index is 1.87. The SMILES string of the molecule is O=C(O)CC(NC(=O)Nc1ncccn1)C1CC1. The first-order valence-electron chi connectivity index (χ1n) is 5.71. The van der Waals surface area contributed by atoms with Crippen molar-refractivity contribution in [3.05, 3.63) is 18.5 Å². The summed E-state index contributed by atoms with van der Waals surface area (Å²) in [5, 5.41) is 13.9. The summed E-state index contributed by atoms with van der Waals surface area (Å²) in [7, 11) is 0. The maximum Gasteiger partial charge on any atom is 0.321 e. The number of carboxylic acids is 1. The van der Waals surface area contributed by atoms with Gasteiger partial charge < -0.3 is 10.4 Å². The summed E-state index contributed by atoms with van der Waals surface area (Å²) in [6.07, 6.45) is 4.88. The number of hydrogen-bond donors (Lipinski definition) is 3. The van der Waals surface area contributed by atoms with Crippen molar-refractivity contribution in [2.24, 2.45) is 5.92 Å². The summed E-state index contributed by atoms with van der Waals surface area (Å²) in [6.45, 7) is 0. The molecule has 0 spiro atoms. The second-order valence-corrected chi connectivity index (χ2v) is 4.21. The van der Waals surface area contributed by atoms with E-state index in [0.29, 0.717) is 0 Å².